The van der Waals surface area contributed by atoms with Crippen molar-refractivity contribution in [3.05, 3.63) is 86.3 Å². The number of Topliss-reactive ketones (excluding diaryl/α,β-unsaturated/α-hetero) is 1. The van der Waals surface area contributed by atoms with Crippen molar-refractivity contribution in [3.8, 4) is 17.9 Å². The molecule has 0 aromatic heterocycles. The van der Waals surface area contributed by atoms with Gasteiger partial charge in [-0.15, -0.1) is 0 Å². The van der Waals surface area contributed by atoms with Crippen LogP contribution in [0.1, 0.15) is 49.3 Å². The summed E-state index contributed by atoms with van der Waals surface area (Å²) >= 11 is 3.55. The summed E-state index contributed by atoms with van der Waals surface area (Å²) in [7, 11) is 1.61. The summed E-state index contributed by atoms with van der Waals surface area (Å²) in [6, 6.07) is 17.3. The summed E-state index contributed by atoms with van der Waals surface area (Å²) in [4.78, 5) is 15.6. The molecule has 1 aliphatic heterocycles. The molecule has 7 nitrogen and oxygen atoms in total. The Morgan fingerprint density at radius 3 is 2.62 bits per heavy atom. The van der Waals surface area contributed by atoms with E-state index < -0.39 is 5.92 Å². The van der Waals surface area contributed by atoms with E-state index in [2.05, 4.69) is 41.9 Å². The lowest BCUT2D eigenvalue weighted by atomic mass is 9.68. The SMILES string of the molecule is COCCN1C(N)=C(C#N)[C@H](c2cc(Br)ccc2OCc2ccccc2C#N)C2=C1CC(C)(C)CC2=O. The minimum atomic E-state index is -0.666. The number of carbonyl (C=O) groups is 1. The van der Waals surface area contributed by atoms with Crippen LogP contribution >= 0.6 is 15.9 Å². The van der Waals surface area contributed by atoms with Gasteiger partial charge in [0.1, 0.15) is 18.2 Å². The van der Waals surface area contributed by atoms with Gasteiger partial charge in [-0.1, -0.05) is 48.0 Å². The molecule has 190 valence electrons. The fraction of sp³-hybridized carbons (Fsp3) is 0.345. The summed E-state index contributed by atoms with van der Waals surface area (Å²) in [5.41, 5.74) is 10.1. The third kappa shape index (κ3) is 5.27. The predicted octanol–water partition coefficient (Wildman–Crippen LogP) is 5.28. The Kier molecular flexibility index (Phi) is 7.73. The van der Waals surface area contributed by atoms with Gasteiger partial charge in [0.15, 0.2) is 5.78 Å². The molecule has 0 saturated carbocycles. The number of nitriles is 2. The molecule has 0 bridgehead atoms. The summed E-state index contributed by atoms with van der Waals surface area (Å²) in [6.45, 7) is 5.14. The molecule has 0 fully saturated rings. The number of benzene rings is 2. The number of nitrogens with two attached hydrogens (primary N) is 1. The van der Waals surface area contributed by atoms with Crippen LogP contribution in [0, 0.1) is 28.1 Å². The lowest BCUT2D eigenvalue weighted by molar-refractivity contribution is -0.118. The van der Waals surface area contributed by atoms with Gasteiger partial charge >= 0.3 is 0 Å². The average molecular weight is 561 g/mol. The third-order valence-corrected chi connectivity index (χ3v) is 7.30. The Balaban J connectivity index is 1.85. The van der Waals surface area contributed by atoms with E-state index in [9.17, 15) is 15.3 Å². The van der Waals surface area contributed by atoms with Crippen LogP contribution in [0.5, 0.6) is 5.75 Å². The summed E-state index contributed by atoms with van der Waals surface area (Å²) < 4.78 is 12.3. The Morgan fingerprint density at radius 1 is 1.16 bits per heavy atom. The average Bonchev–Trinajstić information content (AvgIpc) is 2.86. The zero-order chi connectivity index (χ0) is 26.7. The summed E-state index contributed by atoms with van der Waals surface area (Å²) in [5, 5.41) is 19.8. The first-order valence-electron chi connectivity index (χ1n) is 12.0. The highest BCUT2D eigenvalue weighted by molar-refractivity contribution is 9.10. The van der Waals surface area contributed by atoms with Crippen molar-refractivity contribution >= 4 is 21.7 Å². The molecule has 0 radical (unpaired) electrons. The first-order valence-corrected chi connectivity index (χ1v) is 12.8. The van der Waals surface area contributed by atoms with Crippen LogP contribution in [-0.2, 0) is 16.1 Å². The van der Waals surface area contributed by atoms with E-state index in [-0.39, 0.29) is 17.8 Å². The van der Waals surface area contributed by atoms with Crippen LogP contribution in [0.25, 0.3) is 0 Å². The van der Waals surface area contributed by atoms with Crippen LogP contribution in [0.4, 0.5) is 0 Å². The largest absolute Gasteiger partial charge is 0.489 e. The molecule has 0 amide bonds. The normalized spacial score (nSPS) is 18.8. The van der Waals surface area contributed by atoms with Crippen molar-refractivity contribution in [2.75, 3.05) is 20.3 Å². The molecule has 0 unspecified atom stereocenters. The zero-order valence-corrected chi connectivity index (χ0v) is 22.8. The monoisotopic (exact) mass is 560 g/mol. The van der Waals surface area contributed by atoms with Crippen molar-refractivity contribution in [2.24, 2.45) is 11.1 Å². The maximum Gasteiger partial charge on any atom is 0.162 e. The van der Waals surface area contributed by atoms with E-state index in [4.69, 9.17) is 15.2 Å². The number of rotatable bonds is 7. The van der Waals surface area contributed by atoms with Gasteiger partial charge in [0, 0.05) is 46.9 Å². The summed E-state index contributed by atoms with van der Waals surface area (Å²) in [6.07, 6.45) is 1.02. The predicted molar refractivity (Wildman–Crippen MR) is 143 cm³/mol. The van der Waals surface area contributed by atoms with E-state index in [1.807, 2.05) is 35.2 Å². The molecule has 1 aliphatic carbocycles. The van der Waals surface area contributed by atoms with Crippen molar-refractivity contribution in [2.45, 2.75) is 39.2 Å². The molecule has 8 heteroatoms. The maximum absolute atomic E-state index is 13.7. The van der Waals surface area contributed by atoms with Gasteiger partial charge in [0.25, 0.3) is 0 Å². The van der Waals surface area contributed by atoms with Crippen molar-refractivity contribution in [3.63, 3.8) is 0 Å². The first kappa shape index (κ1) is 26.5. The van der Waals surface area contributed by atoms with E-state index in [1.165, 1.54) is 0 Å². The number of methoxy groups -OCH3 is 1. The number of carbonyl (C=O) groups excluding carboxylic acids is 1. The van der Waals surface area contributed by atoms with E-state index in [0.29, 0.717) is 59.8 Å². The van der Waals surface area contributed by atoms with E-state index in [1.54, 1.807) is 19.2 Å². The van der Waals surface area contributed by atoms with Gasteiger partial charge in [-0.3, -0.25) is 4.79 Å². The second kappa shape index (κ2) is 10.8. The van der Waals surface area contributed by atoms with Crippen LogP contribution in [-0.4, -0.2) is 30.9 Å². The standard InChI is InChI=1S/C29H29BrN4O3/c1-29(2)13-23-27(24(35)14-29)26(22(16-32)28(33)34(23)10-11-36-3)21-12-20(30)8-9-25(21)37-17-19-7-5-4-6-18(19)15-31/h4-9,12,26H,10-11,13-14,17,33H2,1-3H3/t26-/m0/s1. The molecule has 2 aromatic rings. The molecule has 0 saturated heterocycles. The molecule has 2 aliphatic rings. The third-order valence-electron chi connectivity index (χ3n) is 6.81. The molecule has 2 aromatic carbocycles. The maximum atomic E-state index is 13.7. The van der Waals surface area contributed by atoms with Gasteiger partial charge in [-0.2, -0.15) is 10.5 Å². The van der Waals surface area contributed by atoms with Crippen LogP contribution in [0.2, 0.25) is 0 Å². The molecule has 2 N–H and O–H groups in total. The van der Waals surface area contributed by atoms with Gasteiger partial charge in [-0.05, 0) is 36.1 Å². The van der Waals surface area contributed by atoms with Crippen molar-refractivity contribution in [1.82, 2.24) is 4.90 Å². The highest BCUT2D eigenvalue weighted by atomic mass is 79.9. The number of halogens is 1. The molecule has 4 rings (SSSR count). The second-order valence-corrected chi connectivity index (χ2v) is 10.9. The molecule has 1 heterocycles. The van der Waals surface area contributed by atoms with Crippen molar-refractivity contribution in [1.29, 1.82) is 10.5 Å². The van der Waals surface area contributed by atoms with Gasteiger partial charge in [0.05, 0.1) is 35.8 Å². The Morgan fingerprint density at radius 2 is 1.92 bits per heavy atom. The van der Waals surface area contributed by atoms with E-state index >= 15 is 0 Å². The smallest absolute Gasteiger partial charge is 0.162 e. The fourth-order valence-corrected chi connectivity index (χ4v) is 5.49. The highest BCUT2D eigenvalue weighted by Gasteiger charge is 2.45. The molecular weight excluding hydrogens is 532 g/mol. The zero-order valence-electron chi connectivity index (χ0n) is 21.2. The van der Waals surface area contributed by atoms with Crippen LogP contribution < -0.4 is 10.5 Å². The van der Waals surface area contributed by atoms with E-state index in [0.717, 1.165) is 15.7 Å². The van der Waals surface area contributed by atoms with Gasteiger partial charge in [-0.25, -0.2) is 0 Å². The van der Waals surface area contributed by atoms with Gasteiger partial charge in [0.2, 0.25) is 0 Å². The number of ether oxygens (including phenoxy) is 2. The fourth-order valence-electron chi connectivity index (χ4n) is 5.11. The number of hydrogen-bond acceptors (Lipinski definition) is 7. The lowest BCUT2D eigenvalue weighted by Crippen LogP contribution is -2.43. The second-order valence-electron chi connectivity index (χ2n) is 10.0. The van der Waals surface area contributed by atoms with Crippen molar-refractivity contribution < 1.29 is 14.3 Å². The van der Waals surface area contributed by atoms with Crippen LogP contribution in [0.15, 0.2) is 69.6 Å². The Hall–Kier alpha value is -3.59. The molecular formula is C29H29BrN4O3. The number of hydrogen-bond donors (Lipinski definition) is 1. The van der Waals surface area contributed by atoms with Crippen LogP contribution in [0.3, 0.4) is 0 Å². The minimum Gasteiger partial charge on any atom is -0.489 e. The van der Waals surface area contributed by atoms with Gasteiger partial charge < -0.3 is 20.1 Å². The first-order chi connectivity index (χ1) is 17.7. The minimum absolute atomic E-state index is 0.000307. The Labute approximate surface area is 225 Å². The molecule has 1 atom stereocenters. The lowest BCUT2D eigenvalue weighted by Gasteiger charge is -2.44. The number of allylic oxidation sites excluding steroid dienone is 3. The topological polar surface area (TPSA) is 112 Å². The quantitative estimate of drug-likeness (QED) is 0.489. The number of nitrogens with zero attached hydrogens (tertiary/aromatic N) is 3. The highest BCUT2D eigenvalue weighted by Crippen LogP contribution is 2.50. The Bertz CT molecular complexity index is 1380. The molecule has 37 heavy (non-hydrogen) atoms. The summed E-state index contributed by atoms with van der Waals surface area (Å²) in [5.74, 6) is 0.187. The number of ketones is 1. The molecule has 0 spiro atoms.